The van der Waals surface area contributed by atoms with E-state index in [1.165, 1.54) is 7.11 Å². The number of carbonyl (C=O) groups excluding carboxylic acids is 1. The van der Waals surface area contributed by atoms with Gasteiger partial charge >= 0.3 is 11.9 Å². The molecular weight excluding hydrogens is 196 g/mol. The van der Waals surface area contributed by atoms with Crippen molar-refractivity contribution in [1.82, 2.24) is 0 Å². The molecule has 1 aliphatic rings. The largest absolute Gasteiger partial charge is 0.481 e. The lowest BCUT2D eigenvalue weighted by Crippen LogP contribution is -2.30. The SMILES string of the molecule is COC(=O)C1CCCC(C(C)C(=O)O)C1. The van der Waals surface area contributed by atoms with Gasteiger partial charge in [-0.1, -0.05) is 13.3 Å². The Morgan fingerprint density at radius 1 is 1.40 bits per heavy atom. The molecule has 0 saturated heterocycles. The Morgan fingerprint density at radius 2 is 2.07 bits per heavy atom. The fourth-order valence-corrected chi connectivity index (χ4v) is 2.26. The van der Waals surface area contributed by atoms with Crippen molar-refractivity contribution in [3.05, 3.63) is 0 Å². The fourth-order valence-electron chi connectivity index (χ4n) is 2.26. The molecule has 0 aromatic carbocycles. The molecule has 0 aliphatic heterocycles. The van der Waals surface area contributed by atoms with Crippen LogP contribution in [0.25, 0.3) is 0 Å². The van der Waals surface area contributed by atoms with Crippen molar-refractivity contribution in [3.8, 4) is 0 Å². The van der Waals surface area contributed by atoms with Gasteiger partial charge in [-0.25, -0.2) is 0 Å². The van der Waals surface area contributed by atoms with Gasteiger partial charge in [0, 0.05) is 0 Å². The molecule has 0 heterocycles. The van der Waals surface area contributed by atoms with Crippen LogP contribution in [0.3, 0.4) is 0 Å². The van der Waals surface area contributed by atoms with Gasteiger partial charge in [-0.15, -0.1) is 0 Å². The first-order valence-electron chi connectivity index (χ1n) is 5.37. The van der Waals surface area contributed by atoms with Crippen LogP contribution in [0, 0.1) is 17.8 Å². The predicted molar refractivity (Wildman–Crippen MR) is 54.3 cm³/mol. The lowest BCUT2D eigenvalue weighted by molar-refractivity contribution is -0.150. The van der Waals surface area contributed by atoms with Gasteiger partial charge in [0.2, 0.25) is 0 Å². The normalized spacial score (nSPS) is 28.1. The van der Waals surface area contributed by atoms with E-state index in [4.69, 9.17) is 9.84 Å². The van der Waals surface area contributed by atoms with Crippen LogP contribution >= 0.6 is 0 Å². The summed E-state index contributed by atoms with van der Waals surface area (Å²) in [4.78, 5) is 22.2. The van der Waals surface area contributed by atoms with E-state index < -0.39 is 5.97 Å². The molecule has 0 radical (unpaired) electrons. The van der Waals surface area contributed by atoms with Gasteiger partial charge in [0.15, 0.2) is 0 Å². The van der Waals surface area contributed by atoms with E-state index in [0.29, 0.717) is 6.42 Å². The average Bonchev–Trinajstić information content (AvgIpc) is 2.27. The van der Waals surface area contributed by atoms with Crippen LogP contribution in [-0.4, -0.2) is 24.2 Å². The van der Waals surface area contributed by atoms with Crippen LogP contribution in [0.4, 0.5) is 0 Å². The number of carbonyl (C=O) groups is 2. The van der Waals surface area contributed by atoms with Crippen molar-refractivity contribution in [3.63, 3.8) is 0 Å². The Kier molecular flexibility index (Phi) is 4.12. The highest BCUT2D eigenvalue weighted by Gasteiger charge is 2.33. The second kappa shape index (κ2) is 5.14. The number of esters is 1. The number of carboxylic acid groups (broad SMARTS) is 1. The van der Waals surface area contributed by atoms with Crippen molar-refractivity contribution < 1.29 is 19.4 Å². The Hall–Kier alpha value is -1.06. The van der Waals surface area contributed by atoms with Crippen molar-refractivity contribution in [2.45, 2.75) is 32.6 Å². The van der Waals surface area contributed by atoms with Crippen LogP contribution in [0.1, 0.15) is 32.6 Å². The van der Waals surface area contributed by atoms with E-state index in [0.717, 1.165) is 19.3 Å². The molecule has 3 unspecified atom stereocenters. The first-order valence-corrected chi connectivity index (χ1v) is 5.37. The Balaban J connectivity index is 2.56. The second-order valence-electron chi connectivity index (χ2n) is 4.27. The standard InChI is InChI=1S/C11H18O4/c1-7(10(12)13)8-4-3-5-9(6-8)11(14)15-2/h7-9H,3-6H2,1-2H3,(H,12,13). The molecule has 1 aliphatic carbocycles. The molecule has 86 valence electrons. The Bertz CT molecular complexity index is 249. The maximum atomic E-state index is 11.3. The van der Waals surface area contributed by atoms with Crippen molar-refractivity contribution in [2.24, 2.45) is 17.8 Å². The Labute approximate surface area is 89.6 Å². The minimum atomic E-state index is -0.773. The molecule has 0 aromatic rings. The highest BCUT2D eigenvalue weighted by molar-refractivity contribution is 5.73. The summed E-state index contributed by atoms with van der Waals surface area (Å²) in [6.45, 7) is 1.71. The van der Waals surface area contributed by atoms with Gasteiger partial charge in [0.25, 0.3) is 0 Å². The molecule has 1 fully saturated rings. The van der Waals surface area contributed by atoms with Gasteiger partial charge < -0.3 is 9.84 Å². The number of rotatable bonds is 3. The summed E-state index contributed by atoms with van der Waals surface area (Å²) in [6, 6.07) is 0. The third-order valence-corrected chi connectivity index (χ3v) is 3.35. The van der Waals surface area contributed by atoms with Gasteiger partial charge in [0.05, 0.1) is 18.9 Å². The van der Waals surface area contributed by atoms with E-state index in [2.05, 4.69) is 0 Å². The maximum Gasteiger partial charge on any atom is 0.308 e. The fraction of sp³-hybridized carbons (Fsp3) is 0.818. The average molecular weight is 214 g/mol. The molecular formula is C11H18O4. The second-order valence-corrected chi connectivity index (χ2v) is 4.27. The minimum absolute atomic E-state index is 0.101. The topological polar surface area (TPSA) is 63.6 Å². The highest BCUT2D eigenvalue weighted by atomic mass is 16.5. The van der Waals surface area contributed by atoms with E-state index >= 15 is 0 Å². The predicted octanol–water partition coefficient (Wildman–Crippen LogP) is 1.69. The van der Waals surface area contributed by atoms with Gasteiger partial charge in [-0.2, -0.15) is 0 Å². The molecule has 0 aromatic heterocycles. The van der Waals surface area contributed by atoms with Crippen molar-refractivity contribution in [1.29, 1.82) is 0 Å². The number of methoxy groups -OCH3 is 1. The molecule has 1 N–H and O–H groups in total. The van der Waals surface area contributed by atoms with E-state index in [1.54, 1.807) is 6.92 Å². The zero-order valence-electron chi connectivity index (χ0n) is 9.23. The summed E-state index contributed by atoms with van der Waals surface area (Å²) in [6.07, 6.45) is 3.30. The summed E-state index contributed by atoms with van der Waals surface area (Å²) in [5.74, 6) is -1.32. The number of hydrogen-bond acceptors (Lipinski definition) is 3. The summed E-state index contributed by atoms with van der Waals surface area (Å²) >= 11 is 0. The van der Waals surface area contributed by atoms with Gasteiger partial charge in [-0.05, 0) is 25.2 Å². The van der Waals surface area contributed by atoms with Crippen molar-refractivity contribution in [2.75, 3.05) is 7.11 Å². The van der Waals surface area contributed by atoms with E-state index in [9.17, 15) is 9.59 Å². The molecule has 0 spiro atoms. The van der Waals surface area contributed by atoms with Crippen LogP contribution in [0.15, 0.2) is 0 Å². The highest BCUT2D eigenvalue weighted by Crippen LogP contribution is 2.34. The Morgan fingerprint density at radius 3 is 2.60 bits per heavy atom. The molecule has 3 atom stereocenters. The number of aliphatic carboxylic acids is 1. The zero-order valence-corrected chi connectivity index (χ0v) is 9.23. The molecule has 4 nitrogen and oxygen atoms in total. The van der Waals surface area contributed by atoms with Gasteiger partial charge in [-0.3, -0.25) is 9.59 Å². The zero-order chi connectivity index (χ0) is 11.4. The van der Waals surface area contributed by atoms with E-state index in [-0.39, 0.29) is 23.7 Å². The molecule has 1 rings (SSSR count). The molecule has 1 saturated carbocycles. The van der Waals surface area contributed by atoms with E-state index in [1.807, 2.05) is 0 Å². The molecule has 0 amide bonds. The minimum Gasteiger partial charge on any atom is -0.481 e. The molecule has 4 heteroatoms. The monoisotopic (exact) mass is 214 g/mol. The molecule has 15 heavy (non-hydrogen) atoms. The van der Waals surface area contributed by atoms with Crippen LogP contribution in [-0.2, 0) is 14.3 Å². The summed E-state index contributed by atoms with van der Waals surface area (Å²) < 4.78 is 4.69. The summed E-state index contributed by atoms with van der Waals surface area (Å²) in [7, 11) is 1.38. The smallest absolute Gasteiger partial charge is 0.308 e. The lowest BCUT2D eigenvalue weighted by Gasteiger charge is -2.29. The quantitative estimate of drug-likeness (QED) is 0.726. The number of hydrogen-bond donors (Lipinski definition) is 1. The summed E-state index contributed by atoms with van der Waals surface area (Å²) in [5, 5.41) is 8.90. The maximum absolute atomic E-state index is 11.3. The van der Waals surface area contributed by atoms with Crippen LogP contribution in [0.5, 0.6) is 0 Å². The third-order valence-electron chi connectivity index (χ3n) is 3.35. The van der Waals surface area contributed by atoms with Crippen molar-refractivity contribution >= 4 is 11.9 Å². The van der Waals surface area contributed by atoms with Crippen LogP contribution in [0.2, 0.25) is 0 Å². The molecule has 0 bridgehead atoms. The number of carboxylic acids is 1. The van der Waals surface area contributed by atoms with Gasteiger partial charge in [0.1, 0.15) is 0 Å². The first kappa shape index (κ1) is 12.0. The first-order chi connectivity index (χ1) is 7.06. The summed E-state index contributed by atoms with van der Waals surface area (Å²) in [5.41, 5.74) is 0. The van der Waals surface area contributed by atoms with Crippen LogP contribution < -0.4 is 0 Å². The number of ether oxygens (including phenoxy) is 1. The third kappa shape index (κ3) is 2.94. The lowest BCUT2D eigenvalue weighted by atomic mass is 9.75.